The monoisotopic (exact) mass is 367 g/mol. The van der Waals surface area contributed by atoms with Gasteiger partial charge in [0, 0.05) is 25.9 Å². The number of hydrogen-bond donors (Lipinski definition) is 1. The van der Waals surface area contributed by atoms with E-state index in [1.807, 2.05) is 0 Å². The zero-order valence-electron chi connectivity index (χ0n) is 15.3. The van der Waals surface area contributed by atoms with Crippen molar-refractivity contribution in [2.45, 2.75) is 76.7 Å². The highest BCUT2D eigenvalue weighted by Gasteiger charge is 2.47. The number of alkyl halides is 2. The molecule has 1 aliphatic heterocycles. The summed E-state index contributed by atoms with van der Waals surface area (Å²) < 4.78 is 26.5. The van der Waals surface area contributed by atoms with Crippen molar-refractivity contribution in [2.24, 2.45) is 10.8 Å². The van der Waals surface area contributed by atoms with Gasteiger partial charge in [-0.25, -0.2) is 13.6 Å². The molecule has 3 rings (SSSR count). The van der Waals surface area contributed by atoms with Crippen molar-refractivity contribution in [3.05, 3.63) is 0 Å². The van der Waals surface area contributed by atoms with E-state index >= 15 is 0 Å². The molecule has 144 valence electrons. The number of rotatable bonds is 7. The highest BCUT2D eigenvalue weighted by atomic mass is 19.3. The molecule has 2 aliphatic carbocycles. The van der Waals surface area contributed by atoms with E-state index in [0.717, 1.165) is 19.8 Å². The first-order valence-corrected chi connectivity index (χ1v) is 9.53. The number of carbonyl (C=O) groups is 2. The lowest BCUT2D eigenvalue weighted by molar-refractivity contribution is -0.122. The molecule has 1 N–H and O–H groups in total. The van der Waals surface area contributed by atoms with Crippen LogP contribution in [0.4, 0.5) is 13.6 Å². The fourth-order valence-electron chi connectivity index (χ4n) is 3.75. The smallest absolute Gasteiger partial charge is 0.317 e. The summed E-state index contributed by atoms with van der Waals surface area (Å²) in [6, 6.07) is 0.856. The zero-order valence-corrected chi connectivity index (χ0v) is 15.3. The molecule has 1 spiro atoms. The summed E-state index contributed by atoms with van der Waals surface area (Å²) in [5, 5.41) is 11.8. The number of nitrogens with zero attached hydrogens (tertiary/aromatic N) is 2. The SMILES string of the molecule is CC(F)(F)CC[C@H](NC(=O)N1CCC2(CC1)CC2)C(=O)CC1(C#N)CC1. The molecule has 2 amide bonds. The average molecular weight is 367 g/mol. The van der Waals surface area contributed by atoms with Gasteiger partial charge in [-0.05, 0) is 57.3 Å². The maximum Gasteiger partial charge on any atom is 0.317 e. The van der Waals surface area contributed by atoms with Gasteiger partial charge in [0.1, 0.15) is 0 Å². The largest absolute Gasteiger partial charge is 0.328 e. The summed E-state index contributed by atoms with van der Waals surface area (Å²) in [5.41, 5.74) is -0.209. The summed E-state index contributed by atoms with van der Waals surface area (Å²) in [7, 11) is 0. The fraction of sp³-hybridized carbons (Fsp3) is 0.842. The number of nitrogens with one attached hydrogen (secondary N) is 1. The van der Waals surface area contributed by atoms with Crippen LogP contribution >= 0.6 is 0 Å². The molecule has 1 saturated heterocycles. The summed E-state index contributed by atoms with van der Waals surface area (Å²) in [6.45, 7) is 2.12. The number of hydrogen-bond acceptors (Lipinski definition) is 3. The Balaban J connectivity index is 1.57. The van der Waals surface area contributed by atoms with Gasteiger partial charge >= 0.3 is 6.03 Å². The van der Waals surface area contributed by atoms with Gasteiger partial charge in [-0.2, -0.15) is 5.26 Å². The van der Waals surface area contributed by atoms with Crippen molar-refractivity contribution in [2.75, 3.05) is 13.1 Å². The number of halogens is 2. The molecular formula is C19H27F2N3O2. The molecule has 0 radical (unpaired) electrons. The third-order valence-corrected chi connectivity index (χ3v) is 6.23. The van der Waals surface area contributed by atoms with Crippen molar-refractivity contribution in [1.82, 2.24) is 10.2 Å². The lowest BCUT2D eigenvalue weighted by atomic mass is 9.93. The van der Waals surface area contributed by atoms with Crippen molar-refractivity contribution in [3.8, 4) is 6.07 Å². The third kappa shape index (κ3) is 4.72. The minimum Gasteiger partial charge on any atom is -0.328 e. The maximum atomic E-state index is 13.3. The van der Waals surface area contributed by atoms with E-state index in [0.29, 0.717) is 31.3 Å². The molecule has 0 aromatic heterocycles. The molecule has 2 saturated carbocycles. The zero-order chi connectivity index (χ0) is 19.0. The Morgan fingerprint density at radius 1 is 1.19 bits per heavy atom. The summed E-state index contributed by atoms with van der Waals surface area (Å²) >= 11 is 0. The Bertz CT molecular complexity index is 605. The number of urea groups is 1. The second-order valence-corrected chi connectivity index (χ2v) is 8.63. The van der Waals surface area contributed by atoms with E-state index in [1.54, 1.807) is 4.90 Å². The van der Waals surface area contributed by atoms with E-state index in [1.165, 1.54) is 12.8 Å². The maximum absolute atomic E-state index is 13.3. The van der Waals surface area contributed by atoms with Crippen LogP contribution in [-0.4, -0.2) is 41.8 Å². The van der Waals surface area contributed by atoms with Crippen molar-refractivity contribution in [1.29, 1.82) is 5.26 Å². The Morgan fingerprint density at radius 2 is 1.81 bits per heavy atom. The predicted octanol–water partition coefficient (Wildman–Crippen LogP) is 3.64. The molecule has 1 heterocycles. The Labute approximate surface area is 153 Å². The van der Waals surface area contributed by atoms with Gasteiger partial charge in [0.05, 0.1) is 17.5 Å². The number of amides is 2. The third-order valence-electron chi connectivity index (χ3n) is 6.23. The topological polar surface area (TPSA) is 73.2 Å². The number of nitriles is 1. The number of Topliss-reactive ketones (excluding diaryl/α,β-unsaturated/α-hetero) is 1. The second-order valence-electron chi connectivity index (χ2n) is 8.63. The first-order chi connectivity index (χ1) is 12.2. The number of piperidine rings is 1. The van der Waals surface area contributed by atoms with E-state index in [9.17, 15) is 18.4 Å². The molecule has 3 aliphatic rings. The van der Waals surface area contributed by atoms with E-state index in [2.05, 4.69) is 11.4 Å². The minimum atomic E-state index is -2.89. The number of ketones is 1. The Kier molecular flexibility index (Phi) is 4.98. The molecule has 0 bridgehead atoms. The van der Waals surface area contributed by atoms with Crippen LogP contribution in [0.15, 0.2) is 0 Å². The quantitative estimate of drug-likeness (QED) is 0.747. The highest BCUT2D eigenvalue weighted by Crippen LogP contribution is 2.53. The van der Waals surface area contributed by atoms with Gasteiger partial charge in [-0.3, -0.25) is 4.79 Å². The van der Waals surface area contributed by atoms with Gasteiger partial charge < -0.3 is 10.2 Å². The molecule has 7 heteroatoms. The predicted molar refractivity (Wildman–Crippen MR) is 91.6 cm³/mol. The van der Waals surface area contributed by atoms with E-state index in [-0.39, 0.29) is 24.7 Å². The first kappa shape index (κ1) is 19.1. The van der Waals surface area contributed by atoms with Crippen LogP contribution in [0.3, 0.4) is 0 Å². The van der Waals surface area contributed by atoms with Crippen LogP contribution in [0.25, 0.3) is 0 Å². The summed E-state index contributed by atoms with van der Waals surface area (Å²) in [6.07, 6.45) is 5.19. The average Bonchev–Trinajstić information content (AvgIpc) is 3.50. The van der Waals surface area contributed by atoms with Crippen LogP contribution in [0, 0.1) is 22.2 Å². The first-order valence-electron chi connectivity index (χ1n) is 9.53. The Hall–Kier alpha value is -1.71. The molecule has 0 aromatic carbocycles. The van der Waals surface area contributed by atoms with Crippen LogP contribution in [0.2, 0.25) is 0 Å². The van der Waals surface area contributed by atoms with Gasteiger partial charge in [-0.15, -0.1) is 0 Å². The van der Waals surface area contributed by atoms with Gasteiger partial charge in [0.15, 0.2) is 5.78 Å². The molecule has 5 nitrogen and oxygen atoms in total. The minimum absolute atomic E-state index is 0.0346. The summed E-state index contributed by atoms with van der Waals surface area (Å²) in [5.74, 6) is -3.20. The molecule has 3 fully saturated rings. The van der Waals surface area contributed by atoms with Crippen molar-refractivity contribution in [3.63, 3.8) is 0 Å². The van der Waals surface area contributed by atoms with Crippen molar-refractivity contribution >= 4 is 11.8 Å². The molecule has 26 heavy (non-hydrogen) atoms. The number of carbonyl (C=O) groups excluding carboxylic acids is 2. The van der Waals surface area contributed by atoms with Gasteiger partial charge in [0.2, 0.25) is 5.92 Å². The fourth-order valence-corrected chi connectivity index (χ4v) is 3.75. The van der Waals surface area contributed by atoms with E-state index < -0.39 is 23.8 Å². The normalized spacial score (nSPS) is 23.8. The molecule has 0 unspecified atom stereocenters. The molecule has 0 aromatic rings. The van der Waals surface area contributed by atoms with Gasteiger partial charge in [-0.1, -0.05) is 0 Å². The van der Waals surface area contributed by atoms with Gasteiger partial charge in [0.25, 0.3) is 0 Å². The highest BCUT2D eigenvalue weighted by molar-refractivity contribution is 5.89. The van der Waals surface area contributed by atoms with Crippen LogP contribution < -0.4 is 5.32 Å². The molecular weight excluding hydrogens is 340 g/mol. The Morgan fingerprint density at radius 3 is 2.27 bits per heavy atom. The van der Waals surface area contributed by atoms with Crippen LogP contribution in [0.5, 0.6) is 0 Å². The van der Waals surface area contributed by atoms with Crippen molar-refractivity contribution < 1.29 is 18.4 Å². The lowest BCUT2D eigenvalue weighted by Gasteiger charge is -2.33. The second kappa shape index (κ2) is 6.79. The van der Waals surface area contributed by atoms with Crippen LogP contribution in [0.1, 0.15) is 64.7 Å². The van der Waals surface area contributed by atoms with Crippen LogP contribution in [-0.2, 0) is 4.79 Å². The summed E-state index contributed by atoms with van der Waals surface area (Å²) in [4.78, 5) is 26.8. The molecule has 1 atom stereocenters. The van der Waals surface area contributed by atoms with E-state index in [4.69, 9.17) is 5.26 Å². The number of likely N-dealkylation sites (tertiary alicyclic amines) is 1. The lowest BCUT2D eigenvalue weighted by Crippen LogP contribution is -2.51. The standard InChI is InChI=1S/C19H27F2N3O2/c1-17(20,21)3-2-14(15(25)12-19(13-22)6-7-19)23-16(26)24-10-8-18(4-5-18)9-11-24/h14H,2-12H2,1H3,(H,23,26)/t14-/m0/s1.